The Labute approximate surface area is 108 Å². The number of carbonyl (C=O) groups excluding carboxylic acids is 1. The molecule has 100 valence electrons. The average Bonchev–Trinajstić information content (AvgIpc) is 2.25. The van der Waals surface area contributed by atoms with Crippen LogP contribution < -0.4 is 11.1 Å². The molecule has 1 atom stereocenters. The molecule has 0 fully saturated rings. The Kier molecular flexibility index (Phi) is 5.16. The van der Waals surface area contributed by atoms with Gasteiger partial charge in [-0.3, -0.25) is 4.79 Å². The van der Waals surface area contributed by atoms with E-state index in [0.29, 0.717) is 6.42 Å². The summed E-state index contributed by atoms with van der Waals surface area (Å²) in [6, 6.07) is 3.58. The van der Waals surface area contributed by atoms with E-state index in [0.717, 1.165) is 29.7 Å². The van der Waals surface area contributed by atoms with Crippen LogP contribution in [0.3, 0.4) is 0 Å². The van der Waals surface area contributed by atoms with Gasteiger partial charge in [0, 0.05) is 18.2 Å². The lowest BCUT2D eigenvalue weighted by atomic mass is 10.1. The SMILES string of the molecule is Cc1cc(NC(=O)CCCC(C)N)c(C)cc1O. The molecule has 0 saturated carbocycles. The summed E-state index contributed by atoms with van der Waals surface area (Å²) >= 11 is 0. The molecule has 4 heteroatoms. The third-order valence-electron chi connectivity index (χ3n) is 2.88. The van der Waals surface area contributed by atoms with Crippen molar-refractivity contribution in [2.24, 2.45) is 5.73 Å². The maximum atomic E-state index is 11.7. The minimum absolute atomic E-state index is 0.0103. The van der Waals surface area contributed by atoms with Crippen molar-refractivity contribution < 1.29 is 9.90 Å². The Morgan fingerprint density at radius 3 is 2.67 bits per heavy atom. The molecule has 0 radical (unpaired) electrons. The number of carbonyl (C=O) groups is 1. The molecule has 1 aromatic rings. The largest absolute Gasteiger partial charge is 0.508 e. The molecule has 1 rings (SSSR count). The molecular weight excluding hydrogens is 228 g/mol. The highest BCUT2D eigenvalue weighted by Crippen LogP contribution is 2.25. The Hall–Kier alpha value is -1.55. The van der Waals surface area contributed by atoms with Crippen molar-refractivity contribution in [1.82, 2.24) is 0 Å². The second-order valence-corrected chi connectivity index (χ2v) is 4.87. The predicted molar refractivity (Wildman–Crippen MR) is 73.7 cm³/mol. The van der Waals surface area contributed by atoms with Gasteiger partial charge in [-0.15, -0.1) is 0 Å². The van der Waals surface area contributed by atoms with Crippen molar-refractivity contribution in [1.29, 1.82) is 0 Å². The first kappa shape index (κ1) is 14.5. The van der Waals surface area contributed by atoms with Gasteiger partial charge in [-0.25, -0.2) is 0 Å². The Morgan fingerprint density at radius 2 is 2.06 bits per heavy atom. The van der Waals surface area contributed by atoms with Crippen LogP contribution in [0.1, 0.15) is 37.3 Å². The molecular formula is C14H22N2O2. The number of hydrogen-bond acceptors (Lipinski definition) is 3. The van der Waals surface area contributed by atoms with Gasteiger partial charge in [0.15, 0.2) is 0 Å². The third kappa shape index (κ3) is 4.37. The van der Waals surface area contributed by atoms with E-state index in [1.54, 1.807) is 19.1 Å². The van der Waals surface area contributed by atoms with Gasteiger partial charge in [0.05, 0.1) is 0 Å². The van der Waals surface area contributed by atoms with Gasteiger partial charge in [0.25, 0.3) is 0 Å². The Balaban J connectivity index is 2.57. The fourth-order valence-corrected chi connectivity index (χ4v) is 1.73. The Morgan fingerprint density at radius 1 is 1.39 bits per heavy atom. The Bertz CT molecular complexity index is 428. The zero-order valence-electron chi connectivity index (χ0n) is 11.3. The van der Waals surface area contributed by atoms with Crippen LogP contribution in [0.5, 0.6) is 5.75 Å². The summed E-state index contributed by atoms with van der Waals surface area (Å²) in [6.07, 6.45) is 2.11. The number of amides is 1. The van der Waals surface area contributed by atoms with Crippen LogP contribution in [-0.2, 0) is 4.79 Å². The number of aryl methyl sites for hydroxylation is 2. The zero-order valence-corrected chi connectivity index (χ0v) is 11.3. The maximum absolute atomic E-state index is 11.7. The first-order chi connectivity index (χ1) is 8.40. The van der Waals surface area contributed by atoms with Crippen LogP contribution >= 0.6 is 0 Å². The fourth-order valence-electron chi connectivity index (χ4n) is 1.73. The van der Waals surface area contributed by atoms with E-state index < -0.39 is 0 Å². The molecule has 1 unspecified atom stereocenters. The van der Waals surface area contributed by atoms with Gasteiger partial charge in [-0.05, 0) is 56.9 Å². The second kappa shape index (κ2) is 6.40. The van der Waals surface area contributed by atoms with E-state index in [9.17, 15) is 9.90 Å². The van der Waals surface area contributed by atoms with Crippen LogP contribution in [0, 0.1) is 13.8 Å². The van der Waals surface area contributed by atoms with Crippen LogP contribution in [0.25, 0.3) is 0 Å². The third-order valence-corrected chi connectivity index (χ3v) is 2.88. The number of phenolic OH excluding ortho intramolecular Hbond substituents is 1. The lowest BCUT2D eigenvalue weighted by Crippen LogP contribution is -2.17. The minimum Gasteiger partial charge on any atom is -0.508 e. The van der Waals surface area contributed by atoms with E-state index in [-0.39, 0.29) is 17.7 Å². The van der Waals surface area contributed by atoms with Gasteiger partial charge in [-0.2, -0.15) is 0 Å². The van der Waals surface area contributed by atoms with E-state index in [2.05, 4.69) is 5.32 Å². The number of benzene rings is 1. The molecule has 0 aromatic heterocycles. The molecule has 0 aliphatic heterocycles. The summed E-state index contributed by atoms with van der Waals surface area (Å²) in [4.78, 5) is 11.7. The molecule has 0 saturated heterocycles. The van der Waals surface area contributed by atoms with Gasteiger partial charge < -0.3 is 16.2 Å². The second-order valence-electron chi connectivity index (χ2n) is 4.87. The lowest BCUT2D eigenvalue weighted by Gasteiger charge is -2.11. The highest BCUT2D eigenvalue weighted by molar-refractivity contribution is 5.91. The zero-order chi connectivity index (χ0) is 13.7. The number of nitrogens with one attached hydrogen (secondary N) is 1. The van der Waals surface area contributed by atoms with Crippen LogP contribution in [0.15, 0.2) is 12.1 Å². The highest BCUT2D eigenvalue weighted by atomic mass is 16.3. The van der Waals surface area contributed by atoms with E-state index in [4.69, 9.17) is 5.73 Å². The topological polar surface area (TPSA) is 75.4 Å². The van der Waals surface area contributed by atoms with Crippen molar-refractivity contribution in [3.8, 4) is 5.75 Å². The molecule has 4 N–H and O–H groups in total. The number of aromatic hydroxyl groups is 1. The van der Waals surface area contributed by atoms with Gasteiger partial charge >= 0.3 is 0 Å². The highest BCUT2D eigenvalue weighted by Gasteiger charge is 2.07. The number of rotatable bonds is 5. The van der Waals surface area contributed by atoms with Crippen molar-refractivity contribution in [2.45, 2.75) is 46.1 Å². The molecule has 0 bridgehead atoms. The van der Waals surface area contributed by atoms with Crippen LogP contribution in [-0.4, -0.2) is 17.1 Å². The van der Waals surface area contributed by atoms with Crippen molar-refractivity contribution in [3.05, 3.63) is 23.3 Å². The first-order valence-corrected chi connectivity index (χ1v) is 6.25. The summed E-state index contributed by atoms with van der Waals surface area (Å²) in [5.41, 5.74) is 8.01. The molecule has 4 nitrogen and oxygen atoms in total. The van der Waals surface area contributed by atoms with Crippen LogP contribution in [0.2, 0.25) is 0 Å². The van der Waals surface area contributed by atoms with Crippen molar-refractivity contribution >= 4 is 11.6 Å². The monoisotopic (exact) mass is 250 g/mol. The molecule has 1 aromatic carbocycles. The molecule has 0 aliphatic rings. The number of hydrogen-bond donors (Lipinski definition) is 3. The van der Waals surface area contributed by atoms with Gasteiger partial charge in [-0.1, -0.05) is 0 Å². The predicted octanol–water partition coefficient (Wildman–Crippen LogP) is 2.47. The van der Waals surface area contributed by atoms with E-state index >= 15 is 0 Å². The number of nitrogens with two attached hydrogens (primary N) is 1. The molecule has 0 spiro atoms. The van der Waals surface area contributed by atoms with E-state index in [1.165, 1.54) is 0 Å². The molecule has 0 heterocycles. The van der Waals surface area contributed by atoms with Gasteiger partial charge in [0.1, 0.15) is 5.75 Å². The van der Waals surface area contributed by atoms with Crippen molar-refractivity contribution in [3.63, 3.8) is 0 Å². The average molecular weight is 250 g/mol. The smallest absolute Gasteiger partial charge is 0.224 e. The fraction of sp³-hybridized carbons (Fsp3) is 0.500. The minimum atomic E-state index is -0.0103. The number of phenols is 1. The summed E-state index contributed by atoms with van der Waals surface area (Å²) in [5, 5.41) is 12.4. The summed E-state index contributed by atoms with van der Waals surface area (Å²) in [7, 11) is 0. The lowest BCUT2D eigenvalue weighted by molar-refractivity contribution is -0.116. The first-order valence-electron chi connectivity index (χ1n) is 6.25. The molecule has 1 amide bonds. The molecule has 18 heavy (non-hydrogen) atoms. The molecule has 0 aliphatic carbocycles. The van der Waals surface area contributed by atoms with Crippen molar-refractivity contribution in [2.75, 3.05) is 5.32 Å². The maximum Gasteiger partial charge on any atom is 0.224 e. The standard InChI is InChI=1S/C14H22N2O2/c1-9-8-13(17)10(2)7-12(9)16-14(18)6-4-5-11(3)15/h7-8,11,17H,4-6,15H2,1-3H3,(H,16,18). The number of anilines is 1. The summed E-state index contributed by atoms with van der Waals surface area (Å²) in [6.45, 7) is 5.60. The quantitative estimate of drug-likeness (QED) is 0.703. The summed E-state index contributed by atoms with van der Waals surface area (Å²) < 4.78 is 0. The normalized spacial score (nSPS) is 12.2. The summed E-state index contributed by atoms with van der Waals surface area (Å²) in [5.74, 6) is 0.242. The van der Waals surface area contributed by atoms with Crippen LogP contribution in [0.4, 0.5) is 5.69 Å². The van der Waals surface area contributed by atoms with Gasteiger partial charge in [0.2, 0.25) is 5.91 Å². The van der Waals surface area contributed by atoms with E-state index in [1.807, 2.05) is 13.8 Å².